The van der Waals surface area contributed by atoms with E-state index in [1.807, 2.05) is 0 Å². The molecule has 7 atom stereocenters. The number of carbonyl (C=O) groups excluding carboxylic acids is 2. The van der Waals surface area contributed by atoms with Crippen LogP contribution in [0.5, 0.6) is 0 Å². The fraction of sp³-hybridized carbons (Fsp3) is 0.696. The maximum Gasteiger partial charge on any atom is 0.481 e. The van der Waals surface area contributed by atoms with Gasteiger partial charge in [0, 0.05) is 31.5 Å². The van der Waals surface area contributed by atoms with Crippen molar-refractivity contribution in [3.05, 3.63) is 12.7 Å². The van der Waals surface area contributed by atoms with E-state index in [2.05, 4.69) is 34.4 Å². The van der Waals surface area contributed by atoms with Gasteiger partial charge in [0.1, 0.15) is 36.3 Å². The fourth-order valence-corrected chi connectivity index (χ4v) is 7.23. The van der Waals surface area contributed by atoms with Crippen LogP contribution in [0.2, 0.25) is 0 Å². The molecule has 11 N–H and O–H groups in total. The molecule has 1 aliphatic rings. The average Bonchev–Trinajstić information content (AvgIpc) is 3.57. The van der Waals surface area contributed by atoms with Crippen LogP contribution in [0.25, 0.3) is 11.2 Å². The second-order valence-corrected chi connectivity index (χ2v) is 15.7. The Hall–Kier alpha value is -2.50. The number of rotatable bonds is 20. The van der Waals surface area contributed by atoms with Crippen LogP contribution in [-0.2, 0) is 45.9 Å². The number of ether oxygens (including phenoxy) is 1. The van der Waals surface area contributed by atoms with Gasteiger partial charge in [-0.05, 0) is 12.8 Å². The Bertz CT molecular complexity index is 1620. The Morgan fingerprint density at radius 1 is 1.06 bits per heavy atom. The lowest BCUT2D eigenvalue weighted by Gasteiger charge is -2.30. The first-order valence-electron chi connectivity index (χ1n) is 14.7. The second kappa shape index (κ2) is 17.3. The standard InChI is InChI=1S/C23H40N7O17P3/c1-23(2,18(34)21(35)26-7-5-14(32)25-6-3-4-8-31)10-44-50(41,42)47-49(39,40)43-9-13-17(46-48(36,37)38)16(33)22(45-13)30-12-29-15-19(24)27-11-28-20(15)30/h11-13,16-18,22,31,33-34H,3-10H2,1-2H3,(H,25,32)(H,26,35)(H,39,40)(H,41,42)(H2,24,27,28)(H2,36,37,38)/t13-,16-,17-,18+,22-/m1/s1. The van der Waals surface area contributed by atoms with Crippen molar-refractivity contribution in [2.24, 2.45) is 5.41 Å². The highest BCUT2D eigenvalue weighted by molar-refractivity contribution is 7.61. The molecule has 2 aromatic rings. The van der Waals surface area contributed by atoms with E-state index in [0.29, 0.717) is 19.4 Å². The van der Waals surface area contributed by atoms with Crippen LogP contribution >= 0.6 is 23.5 Å². The quantitative estimate of drug-likeness (QED) is 0.0522. The average molecular weight is 780 g/mol. The van der Waals surface area contributed by atoms with E-state index in [4.69, 9.17) is 24.6 Å². The molecule has 24 nitrogen and oxygen atoms in total. The highest BCUT2D eigenvalue weighted by atomic mass is 31.3. The molecule has 1 fully saturated rings. The Balaban J connectivity index is 1.57. The zero-order valence-corrected chi connectivity index (χ0v) is 29.3. The van der Waals surface area contributed by atoms with Gasteiger partial charge in [-0.1, -0.05) is 13.8 Å². The normalized spacial score (nSPS) is 22.9. The summed E-state index contributed by atoms with van der Waals surface area (Å²) in [4.78, 5) is 74.9. The number of unbranched alkanes of at least 4 members (excludes halogenated alkanes) is 1. The summed E-state index contributed by atoms with van der Waals surface area (Å²) in [6.07, 6.45) is -5.74. The summed E-state index contributed by atoms with van der Waals surface area (Å²) < 4.78 is 61.8. The van der Waals surface area contributed by atoms with Crippen LogP contribution in [0.4, 0.5) is 5.82 Å². The highest BCUT2D eigenvalue weighted by Crippen LogP contribution is 2.61. The largest absolute Gasteiger partial charge is 0.481 e. The number of phosphoric ester groups is 3. The van der Waals surface area contributed by atoms with E-state index in [9.17, 15) is 53.1 Å². The fourth-order valence-electron chi connectivity index (χ4n) is 4.40. The molecule has 2 aromatic heterocycles. The number of carbonyl (C=O) groups is 2. The van der Waals surface area contributed by atoms with Gasteiger partial charge in [-0.15, -0.1) is 0 Å². The number of hydrogen-bond donors (Lipinski definition) is 10. The summed E-state index contributed by atoms with van der Waals surface area (Å²) in [5.41, 5.74) is 4.28. The molecule has 50 heavy (non-hydrogen) atoms. The van der Waals surface area contributed by atoms with Crippen molar-refractivity contribution >= 4 is 52.3 Å². The van der Waals surface area contributed by atoms with Crippen LogP contribution in [0.15, 0.2) is 12.7 Å². The Morgan fingerprint density at radius 3 is 2.40 bits per heavy atom. The molecular formula is C23H40N7O17P3. The molecule has 3 rings (SSSR count). The number of phosphoric acid groups is 3. The number of fused-ring (bicyclic) bond motifs is 1. The molecule has 0 radical (unpaired) electrons. The van der Waals surface area contributed by atoms with Crippen molar-refractivity contribution in [3.8, 4) is 0 Å². The molecule has 3 heterocycles. The summed E-state index contributed by atoms with van der Waals surface area (Å²) in [6, 6.07) is 0. The minimum atomic E-state index is -5.55. The van der Waals surface area contributed by atoms with Crippen molar-refractivity contribution in [2.45, 2.75) is 63.8 Å². The van der Waals surface area contributed by atoms with E-state index in [0.717, 1.165) is 17.2 Å². The van der Waals surface area contributed by atoms with Crippen molar-refractivity contribution in [1.82, 2.24) is 30.2 Å². The molecule has 27 heteroatoms. The molecule has 0 saturated carbocycles. The van der Waals surface area contributed by atoms with E-state index in [1.165, 1.54) is 13.8 Å². The minimum Gasteiger partial charge on any atom is -0.396 e. The number of imidazole rings is 1. The number of nitrogens with zero attached hydrogens (tertiary/aromatic N) is 4. The second-order valence-electron chi connectivity index (χ2n) is 11.5. The summed E-state index contributed by atoms with van der Waals surface area (Å²) in [5.74, 6) is -1.38. The number of aromatic nitrogens is 4. The first kappa shape index (κ1) is 41.9. The molecule has 0 spiro atoms. The lowest BCUT2D eigenvalue weighted by molar-refractivity contribution is -0.137. The SMILES string of the molecule is CC(C)(COP(=O)(O)OP(=O)(O)OC[C@H]1O[C@@H](n2cnc3c(N)ncnc32)[C@H](O)[C@@H]1OP(=O)(O)O)[C@@H](O)C(=O)NCCC(=O)NCCCCO. The molecule has 0 aromatic carbocycles. The zero-order chi connectivity index (χ0) is 37.5. The minimum absolute atomic E-state index is 0.0172. The molecule has 0 aliphatic carbocycles. The summed E-state index contributed by atoms with van der Waals surface area (Å²) in [6.45, 7) is 0.669. The van der Waals surface area contributed by atoms with Gasteiger partial charge < -0.3 is 56.0 Å². The Morgan fingerprint density at radius 2 is 1.74 bits per heavy atom. The van der Waals surface area contributed by atoms with Crippen LogP contribution < -0.4 is 16.4 Å². The van der Waals surface area contributed by atoms with E-state index in [-0.39, 0.29) is 42.5 Å². The molecule has 2 unspecified atom stereocenters. The van der Waals surface area contributed by atoms with Gasteiger partial charge in [-0.2, -0.15) is 4.31 Å². The predicted octanol–water partition coefficient (Wildman–Crippen LogP) is -1.82. The van der Waals surface area contributed by atoms with E-state index >= 15 is 0 Å². The van der Waals surface area contributed by atoms with Crippen molar-refractivity contribution in [3.63, 3.8) is 0 Å². The smallest absolute Gasteiger partial charge is 0.396 e. The maximum absolute atomic E-state index is 12.6. The number of amides is 2. The maximum atomic E-state index is 12.6. The van der Waals surface area contributed by atoms with E-state index < -0.39 is 78.6 Å². The van der Waals surface area contributed by atoms with Crippen molar-refractivity contribution < 1.29 is 80.8 Å². The lowest BCUT2D eigenvalue weighted by Crippen LogP contribution is -2.46. The third-order valence-electron chi connectivity index (χ3n) is 6.98. The van der Waals surface area contributed by atoms with Crippen molar-refractivity contribution in [1.29, 1.82) is 0 Å². The van der Waals surface area contributed by atoms with Gasteiger partial charge in [0.15, 0.2) is 17.7 Å². The number of aliphatic hydroxyl groups excluding tert-OH is 3. The molecule has 1 aliphatic heterocycles. The molecule has 2 amide bonds. The number of aliphatic hydroxyl groups is 3. The number of hydrogen-bond acceptors (Lipinski definition) is 17. The molecule has 0 bridgehead atoms. The summed E-state index contributed by atoms with van der Waals surface area (Å²) in [5, 5.41) is 34.9. The molecule has 284 valence electrons. The third-order valence-corrected chi connectivity index (χ3v) is 10.1. The van der Waals surface area contributed by atoms with Gasteiger partial charge in [-0.3, -0.25) is 27.7 Å². The monoisotopic (exact) mass is 779 g/mol. The summed E-state index contributed by atoms with van der Waals surface area (Å²) in [7, 11) is -16.3. The topological polar surface area (TPSA) is 367 Å². The van der Waals surface area contributed by atoms with Gasteiger partial charge in [0.25, 0.3) is 0 Å². The Labute approximate surface area is 283 Å². The predicted molar refractivity (Wildman–Crippen MR) is 166 cm³/mol. The van der Waals surface area contributed by atoms with E-state index in [1.54, 1.807) is 0 Å². The highest BCUT2D eigenvalue weighted by Gasteiger charge is 2.50. The number of nitrogens with one attached hydrogen (secondary N) is 2. The number of nitrogens with two attached hydrogens (primary N) is 1. The van der Waals surface area contributed by atoms with Gasteiger partial charge in [0.05, 0.1) is 19.5 Å². The van der Waals surface area contributed by atoms with Crippen molar-refractivity contribution in [2.75, 3.05) is 38.6 Å². The van der Waals surface area contributed by atoms with Gasteiger partial charge >= 0.3 is 23.5 Å². The third kappa shape index (κ3) is 12.0. The number of nitrogen functional groups attached to an aromatic ring is 1. The van der Waals surface area contributed by atoms with Gasteiger partial charge in [0.2, 0.25) is 11.8 Å². The Kier molecular flexibility index (Phi) is 14.5. The first-order chi connectivity index (χ1) is 23.2. The van der Waals surface area contributed by atoms with Crippen LogP contribution in [0.1, 0.15) is 39.3 Å². The molecular weight excluding hydrogens is 739 g/mol. The first-order valence-corrected chi connectivity index (χ1v) is 19.2. The lowest BCUT2D eigenvalue weighted by atomic mass is 9.87. The van der Waals surface area contributed by atoms with Gasteiger partial charge in [-0.25, -0.2) is 28.6 Å². The number of anilines is 1. The van der Waals surface area contributed by atoms with Crippen LogP contribution in [0.3, 0.4) is 0 Å². The zero-order valence-electron chi connectivity index (χ0n) is 26.6. The summed E-state index contributed by atoms with van der Waals surface area (Å²) >= 11 is 0. The van der Waals surface area contributed by atoms with Crippen LogP contribution in [0, 0.1) is 5.41 Å². The van der Waals surface area contributed by atoms with Crippen LogP contribution in [-0.4, -0.2) is 124 Å². The molecule has 1 saturated heterocycles.